The fourth-order valence-corrected chi connectivity index (χ4v) is 2.92. The van der Waals surface area contributed by atoms with Crippen LogP contribution in [0.15, 0.2) is 52.3 Å². The maximum Gasteiger partial charge on any atom is 0.160 e. The van der Waals surface area contributed by atoms with Crippen molar-refractivity contribution in [3.05, 3.63) is 58.6 Å². The van der Waals surface area contributed by atoms with Crippen molar-refractivity contribution in [3.8, 4) is 6.07 Å². The number of halogens is 1. The normalized spacial score (nSPS) is 9.95. The summed E-state index contributed by atoms with van der Waals surface area (Å²) in [5.74, 6) is -0.0287. The van der Waals surface area contributed by atoms with Crippen molar-refractivity contribution in [1.82, 2.24) is 0 Å². The average Bonchev–Trinajstić information content (AvgIpc) is 2.41. The molecule has 0 aromatic heterocycles. The summed E-state index contributed by atoms with van der Waals surface area (Å²) in [6.07, 6.45) is 0. The predicted octanol–water partition coefficient (Wildman–Crippen LogP) is 4.57. The standard InChI is InChI=1S/C15H10ClNOS/c1-10(18)12-7-6-11(9-17)8-15(12)19-14-5-3-2-4-13(14)16/h2-8H,1H3. The van der Waals surface area contributed by atoms with Crippen LogP contribution in [0.1, 0.15) is 22.8 Å². The molecule has 0 spiro atoms. The molecule has 0 bridgehead atoms. The van der Waals surface area contributed by atoms with E-state index in [1.54, 1.807) is 24.3 Å². The summed E-state index contributed by atoms with van der Waals surface area (Å²) in [4.78, 5) is 13.2. The van der Waals surface area contributed by atoms with Gasteiger partial charge in [-0.15, -0.1) is 0 Å². The van der Waals surface area contributed by atoms with E-state index in [2.05, 4.69) is 6.07 Å². The molecule has 0 atom stereocenters. The third-order valence-corrected chi connectivity index (χ3v) is 4.12. The topological polar surface area (TPSA) is 40.9 Å². The van der Waals surface area contributed by atoms with Crippen LogP contribution < -0.4 is 0 Å². The van der Waals surface area contributed by atoms with E-state index in [0.29, 0.717) is 16.1 Å². The number of nitriles is 1. The zero-order valence-corrected chi connectivity index (χ0v) is 11.8. The molecule has 0 aliphatic rings. The Balaban J connectivity index is 2.46. The number of carbonyl (C=O) groups is 1. The van der Waals surface area contributed by atoms with Crippen molar-refractivity contribution in [2.45, 2.75) is 16.7 Å². The number of benzene rings is 2. The van der Waals surface area contributed by atoms with Crippen LogP contribution in [0.5, 0.6) is 0 Å². The van der Waals surface area contributed by atoms with Gasteiger partial charge in [0.2, 0.25) is 0 Å². The quantitative estimate of drug-likeness (QED) is 0.777. The summed E-state index contributed by atoms with van der Waals surface area (Å²) < 4.78 is 0. The number of hydrogen-bond donors (Lipinski definition) is 0. The molecule has 2 rings (SSSR count). The molecule has 0 radical (unpaired) electrons. The molecule has 0 fully saturated rings. The van der Waals surface area contributed by atoms with Gasteiger partial charge in [0.1, 0.15) is 0 Å². The lowest BCUT2D eigenvalue weighted by molar-refractivity contribution is 0.101. The summed E-state index contributed by atoms with van der Waals surface area (Å²) >= 11 is 7.50. The van der Waals surface area contributed by atoms with Gasteiger partial charge in [0.25, 0.3) is 0 Å². The third-order valence-electron chi connectivity index (χ3n) is 2.55. The van der Waals surface area contributed by atoms with E-state index in [4.69, 9.17) is 16.9 Å². The molecule has 0 saturated carbocycles. The molecule has 2 aromatic rings. The van der Waals surface area contributed by atoms with Crippen LogP contribution in [-0.4, -0.2) is 5.78 Å². The zero-order valence-electron chi connectivity index (χ0n) is 10.2. The van der Waals surface area contributed by atoms with Gasteiger partial charge < -0.3 is 0 Å². The Kier molecular flexibility index (Phi) is 4.26. The van der Waals surface area contributed by atoms with Crippen LogP contribution in [0.4, 0.5) is 0 Å². The highest BCUT2D eigenvalue weighted by Gasteiger charge is 2.11. The molecule has 0 amide bonds. The van der Waals surface area contributed by atoms with Crippen LogP contribution in [0.2, 0.25) is 5.02 Å². The van der Waals surface area contributed by atoms with Crippen molar-refractivity contribution >= 4 is 29.1 Å². The van der Waals surface area contributed by atoms with Crippen molar-refractivity contribution < 1.29 is 4.79 Å². The largest absolute Gasteiger partial charge is 0.294 e. The smallest absolute Gasteiger partial charge is 0.160 e. The first kappa shape index (κ1) is 13.7. The number of carbonyl (C=O) groups excluding carboxylic acids is 1. The molecule has 0 saturated heterocycles. The van der Waals surface area contributed by atoms with Crippen molar-refractivity contribution in [2.24, 2.45) is 0 Å². The van der Waals surface area contributed by atoms with Gasteiger partial charge in [-0.1, -0.05) is 35.5 Å². The predicted molar refractivity (Wildman–Crippen MR) is 76.7 cm³/mol. The molecule has 0 aliphatic heterocycles. The summed E-state index contributed by atoms with van der Waals surface area (Å²) in [7, 11) is 0. The van der Waals surface area contributed by atoms with Crippen LogP contribution in [-0.2, 0) is 0 Å². The molecule has 2 aromatic carbocycles. The minimum Gasteiger partial charge on any atom is -0.294 e. The number of nitrogens with zero attached hydrogens (tertiary/aromatic N) is 1. The van der Waals surface area contributed by atoms with Crippen LogP contribution in [0.3, 0.4) is 0 Å². The Labute approximate surface area is 121 Å². The highest BCUT2D eigenvalue weighted by Crippen LogP contribution is 2.35. The fourth-order valence-electron chi connectivity index (χ4n) is 1.61. The highest BCUT2D eigenvalue weighted by atomic mass is 35.5. The zero-order chi connectivity index (χ0) is 13.8. The molecule has 2 nitrogen and oxygen atoms in total. The number of ketones is 1. The summed E-state index contributed by atoms with van der Waals surface area (Å²) in [5.41, 5.74) is 1.13. The third kappa shape index (κ3) is 3.17. The van der Waals surface area contributed by atoms with Gasteiger partial charge >= 0.3 is 0 Å². The van der Waals surface area contributed by atoms with E-state index < -0.39 is 0 Å². The first-order valence-electron chi connectivity index (χ1n) is 5.59. The van der Waals surface area contributed by atoms with Crippen molar-refractivity contribution in [3.63, 3.8) is 0 Å². The lowest BCUT2D eigenvalue weighted by Crippen LogP contribution is -1.95. The van der Waals surface area contributed by atoms with E-state index in [0.717, 1.165) is 9.79 Å². The highest BCUT2D eigenvalue weighted by molar-refractivity contribution is 7.99. The van der Waals surface area contributed by atoms with Crippen LogP contribution in [0.25, 0.3) is 0 Å². The van der Waals surface area contributed by atoms with E-state index in [1.807, 2.05) is 18.2 Å². The molecule has 0 unspecified atom stereocenters. The summed E-state index contributed by atoms with van der Waals surface area (Å²) in [5, 5.41) is 9.57. The summed E-state index contributed by atoms with van der Waals surface area (Å²) in [6.45, 7) is 1.51. The van der Waals surface area contributed by atoms with Crippen LogP contribution in [0, 0.1) is 11.3 Å². The van der Waals surface area contributed by atoms with Gasteiger partial charge in [-0.25, -0.2) is 0 Å². The van der Waals surface area contributed by atoms with E-state index >= 15 is 0 Å². The van der Waals surface area contributed by atoms with Crippen LogP contribution >= 0.6 is 23.4 Å². The minimum atomic E-state index is -0.0287. The van der Waals surface area contributed by atoms with Gasteiger partial charge in [-0.2, -0.15) is 5.26 Å². The molecular weight excluding hydrogens is 278 g/mol. The SMILES string of the molecule is CC(=O)c1ccc(C#N)cc1Sc1ccccc1Cl. The molecule has 19 heavy (non-hydrogen) atoms. The van der Waals surface area contributed by atoms with Gasteiger partial charge in [0.05, 0.1) is 16.7 Å². The van der Waals surface area contributed by atoms with Crippen molar-refractivity contribution in [1.29, 1.82) is 5.26 Å². The molecule has 4 heteroatoms. The van der Waals surface area contributed by atoms with Gasteiger partial charge in [0.15, 0.2) is 5.78 Å². The van der Waals surface area contributed by atoms with Gasteiger partial charge in [0, 0.05) is 15.4 Å². The number of hydrogen-bond acceptors (Lipinski definition) is 3. The Bertz CT molecular complexity index is 676. The Morgan fingerprint density at radius 2 is 1.95 bits per heavy atom. The maximum atomic E-state index is 11.6. The average molecular weight is 288 g/mol. The van der Waals surface area contributed by atoms with Gasteiger partial charge in [-0.05, 0) is 37.3 Å². The molecular formula is C15H10ClNOS. The first-order chi connectivity index (χ1) is 9.11. The lowest BCUT2D eigenvalue weighted by Gasteiger charge is -2.08. The Hall–Kier alpha value is -1.76. The van der Waals surface area contributed by atoms with E-state index in [9.17, 15) is 4.79 Å². The molecule has 0 N–H and O–H groups in total. The second-order valence-corrected chi connectivity index (χ2v) is 5.40. The Morgan fingerprint density at radius 3 is 2.58 bits per heavy atom. The first-order valence-corrected chi connectivity index (χ1v) is 6.78. The van der Waals surface area contributed by atoms with Crippen molar-refractivity contribution in [2.75, 3.05) is 0 Å². The second kappa shape index (κ2) is 5.92. The molecule has 94 valence electrons. The minimum absolute atomic E-state index is 0.0287. The fraction of sp³-hybridized carbons (Fsp3) is 0.0667. The molecule has 0 heterocycles. The number of Topliss-reactive ketones (excluding diaryl/α,β-unsaturated/α-hetero) is 1. The molecule has 0 aliphatic carbocycles. The Morgan fingerprint density at radius 1 is 1.21 bits per heavy atom. The summed E-state index contributed by atoms with van der Waals surface area (Å²) in [6, 6.07) is 14.5. The second-order valence-electron chi connectivity index (χ2n) is 3.91. The monoisotopic (exact) mass is 287 g/mol. The van der Waals surface area contributed by atoms with Gasteiger partial charge in [-0.3, -0.25) is 4.79 Å². The lowest BCUT2D eigenvalue weighted by atomic mass is 10.1. The maximum absolute atomic E-state index is 11.6. The van der Waals surface area contributed by atoms with E-state index in [1.165, 1.54) is 18.7 Å². The van der Waals surface area contributed by atoms with E-state index in [-0.39, 0.29) is 5.78 Å². The number of rotatable bonds is 3.